The van der Waals surface area contributed by atoms with Gasteiger partial charge in [0, 0.05) is 44.5 Å². The molecule has 1 aliphatic rings. The largest absolute Gasteiger partial charge is 0.497 e. The minimum Gasteiger partial charge on any atom is -0.497 e. The Bertz CT molecular complexity index is 1150. The van der Waals surface area contributed by atoms with Crippen LogP contribution in [0.1, 0.15) is 11.8 Å². The molecule has 3 aromatic rings. The van der Waals surface area contributed by atoms with Crippen molar-refractivity contribution in [1.82, 2.24) is 10.2 Å². The molecule has 0 spiro atoms. The van der Waals surface area contributed by atoms with Crippen molar-refractivity contribution in [2.24, 2.45) is 0 Å². The van der Waals surface area contributed by atoms with Gasteiger partial charge in [0.2, 0.25) is 0 Å². The molecule has 2 heterocycles. The van der Waals surface area contributed by atoms with Crippen molar-refractivity contribution in [3.63, 3.8) is 0 Å². The van der Waals surface area contributed by atoms with Crippen molar-refractivity contribution >= 4 is 23.2 Å². The third kappa shape index (κ3) is 5.96. The molecule has 10 heteroatoms. The van der Waals surface area contributed by atoms with Crippen LogP contribution in [0.25, 0.3) is 0 Å². The van der Waals surface area contributed by atoms with Crippen LogP contribution in [-0.4, -0.2) is 56.5 Å². The van der Waals surface area contributed by atoms with E-state index in [1.165, 1.54) is 0 Å². The monoisotopic (exact) mass is 484 g/mol. The Morgan fingerprint density at radius 3 is 2.43 bits per heavy atom. The lowest BCUT2D eigenvalue weighted by Gasteiger charge is -2.39. The van der Waals surface area contributed by atoms with Gasteiger partial charge in [0.15, 0.2) is 0 Å². The summed E-state index contributed by atoms with van der Waals surface area (Å²) in [4.78, 5) is 29.0. The highest BCUT2D eigenvalue weighted by atomic mass is 19.1. The van der Waals surface area contributed by atoms with E-state index < -0.39 is 29.1 Å². The second kappa shape index (κ2) is 11.0. The summed E-state index contributed by atoms with van der Waals surface area (Å²) in [5.74, 6) is -2.16. The number of nitrogens with zero attached hydrogens (tertiary/aromatic N) is 2. The maximum Gasteiger partial charge on any atom is 0.313 e. The molecule has 4 rings (SSSR count). The zero-order chi connectivity index (χ0) is 24.8. The summed E-state index contributed by atoms with van der Waals surface area (Å²) in [5.41, 5.74) is 0.692. The van der Waals surface area contributed by atoms with E-state index in [2.05, 4.69) is 20.4 Å². The highest BCUT2D eigenvalue weighted by Gasteiger charge is 2.28. The predicted molar refractivity (Wildman–Crippen MR) is 126 cm³/mol. The van der Waals surface area contributed by atoms with Gasteiger partial charge < -0.3 is 24.7 Å². The molecule has 1 unspecified atom stereocenters. The molecule has 2 amide bonds. The second-order valence-corrected chi connectivity index (χ2v) is 8.04. The fourth-order valence-corrected chi connectivity index (χ4v) is 4.02. The predicted octanol–water partition coefficient (Wildman–Crippen LogP) is 3.18. The fourth-order valence-electron chi connectivity index (χ4n) is 4.02. The van der Waals surface area contributed by atoms with Crippen LogP contribution in [0, 0.1) is 11.6 Å². The molecule has 35 heavy (non-hydrogen) atoms. The molecule has 184 valence electrons. The molecular formula is C25H26F2N4O4. The van der Waals surface area contributed by atoms with Crippen LogP contribution >= 0.6 is 0 Å². The number of piperazine rings is 1. The highest BCUT2D eigenvalue weighted by Crippen LogP contribution is 2.25. The number of carbonyl (C=O) groups excluding carboxylic acids is 2. The van der Waals surface area contributed by atoms with Crippen LogP contribution in [0.2, 0.25) is 0 Å². The number of methoxy groups -OCH3 is 1. The van der Waals surface area contributed by atoms with E-state index >= 15 is 0 Å². The van der Waals surface area contributed by atoms with E-state index in [0.29, 0.717) is 18.8 Å². The summed E-state index contributed by atoms with van der Waals surface area (Å²) in [7, 11) is 1.63. The molecule has 0 radical (unpaired) electrons. The number of rotatable bonds is 7. The van der Waals surface area contributed by atoms with Gasteiger partial charge in [-0.1, -0.05) is 0 Å². The lowest BCUT2D eigenvalue weighted by Crippen LogP contribution is -2.50. The number of hydrogen-bond donors (Lipinski definition) is 2. The summed E-state index contributed by atoms with van der Waals surface area (Å²) >= 11 is 0. The summed E-state index contributed by atoms with van der Waals surface area (Å²) in [6, 6.07) is 13.8. The van der Waals surface area contributed by atoms with E-state index in [9.17, 15) is 18.4 Å². The fraction of sp³-hybridized carbons (Fsp3) is 0.280. The lowest BCUT2D eigenvalue weighted by molar-refractivity contribution is -0.136. The zero-order valence-corrected chi connectivity index (χ0v) is 19.2. The Hall–Kier alpha value is -3.92. The van der Waals surface area contributed by atoms with Crippen LogP contribution in [-0.2, 0) is 9.59 Å². The number of nitrogens with one attached hydrogen (secondary N) is 2. The van der Waals surface area contributed by atoms with Crippen LogP contribution in [0.5, 0.6) is 5.75 Å². The first kappa shape index (κ1) is 24.2. The SMILES string of the molecule is COc1ccc(N2CCN(C(CNC(=O)C(=O)Nc3cc(F)ccc3F)c3ccco3)CC2)cc1. The van der Waals surface area contributed by atoms with Gasteiger partial charge in [0.05, 0.1) is 25.1 Å². The van der Waals surface area contributed by atoms with Gasteiger partial charge in [-0.05, 0) is 48.5 Å². The summed E-state index contributed by atoms with van der Waals surface area (Å²) in [6.45, 7) is 3.03. The zero-order valence-electron chi connectivity index (χ0n) is 19.2. The molecule has 2 N–H and O–H groups in total. The van der Waals surface area contributed by atoms with Gasteiger partial charge in [0.1, 0.15) is 23.1 Å². The van der Waals surface area contributed by atoms with Crippen molar-refractivity contribution < 1.29 is 27.5 Å². The van der Waals surface area contributed by atoms with Gasteiger partial charge in [-0.3, -0.25) is 14.5 Å². The Kier molecular flexibility index (Phi) is 7.61. The quantitative estimate of drug-likeness (QED) is 0.501. The molecule has 1 saturated heterocycles. The standard InChI is InChI=1S/C25H26F2N4O4/c1-34-19-7-5-18(6-8-19)30-10-12-31(13-11-30)22(23-3-2-14-35-23)16-28-24(32)25(33)29-21-15-17(26)4-9-20(21)27/h2-9,14-15,22H,10-13,16H2,1H3,(H,28,32)(H,29,33). The number of hydrogen-bond acceptors (Lipinski definition) is 6. The molecule has 1 aromatic heterocycles. The highest BCUT2D eigenvalue weighted by molar-refractivity contribution is 6.39. The molecule has 1 fully saturated rings. The van der Waals surface area contributed by atoms with E-state index in [4.69, 9.17) is 9.15 Å². The van der Waals surface area contributed by atoms with Crippen LogP contribution in [0.15, 0.2) is 65.3 Å². The van der Waals surface area contributed by atoms with E-state index in [1.807, 2.05) is 30.3 Å². The minimum absolute atomic E-state index is 0.105. The second-order valence-electron chi connectivity index (χ2n) is 8.04. The molecule has 0 bridgehead atoms. The van der Waals surface area contributed by atoms with Gasteiger partial charge >= 0.3 is 11.8 Å². The van der Waals surface area contributed by atoms with Crippen molar-refractivity contribution in [1.29, 1.82) is 0 Å². The summed E-state index contributed by atoms with van der Waals surface area (Å²) in [5, 5.41) is 4.68. The molecule has 2 aromatic carbocycles. The van der Waals surface area contributed by atoms with Crippen molar-refractivity contribution in [2.75, 3.05) is 50.1 Å². The van der Waals surface area contributed by atoms with E-state index in [1.54, 1.807) is 19.4 Å². The number of benzene rings is 2. The molecule has 0 saturated carbocycles. The number of halogens is 2. The minimum atomic E-state index is -1.09. The van der Waals surface area contributed by atoms with Crippen LogP contribution < -0.4 is 20.3 Å². The van der Waals surface area contributed by atoms with E-state index in [0.717, 1.165) is 42.7 Å². The smallest absolute Gasteiger partial charge is 0.313 e. The molecule has 8 nitrogen and oxygen atoms in total. The molecule has 0 aliphatic carbocycles. The number of amides is 2. The van der Waals surface area contributed by atoms with Crippen molar-refractivity contribution in [2.45, 2.75) is 6.04 Å². The Morgan fingerprint density at radius 2 is 1.77 bits per heavy atom. The summed E-state index contributed by atoms with van der Waals surface area (Å²) in [6.07, 6.45) is 1.55. The molecular weight excluding hydrogens is 458 g/mol. The van der Waals surface area contributed by atoms with Gasteiger partial charge in [-0.25, -0.2) is 8.78 Å². The maximum absolute atomic E-state index is 13.8. The number of carbonyl (C=O) groups is 2. The molecule has 1 aliphatic heterocycles. The van der Waals surface area contributed by atoms with Crippen molar-refractivity contribution in [3.8, 4) is 5.75 Å². The van der Waals surface area contributed by atoms with E-state index in [-0.39, 0.29) is 12.6 Å². The van der Waals surface area contributed by atoms with Gasteiger partial charge in [-0.15, -0.1) is 0 Å². The number of ether oxygens (including phenoxy) is 1. The molecule has 1 atom stereocenters. The number of furan rings is 1. The normalized spacial score (nSPS) is 14.9. The lowest BCUT2D eigenvalue weighted by atomic mass is 10.1. The average molecular weight is 485 g/mol. The third-order valence-electron chi connectivity index (χ3n) is 5.90. The van der Waals surface area contributed by atoms with Crippen LogP contribution in [0.3, 0.4) is 0 Å². The van der Waals surface area contributed by atoms with Gasteiger partial charge in [0.25, 0.3) is 0 Å². The first-order chi connectivity index (χ1) is 16.9. The first-order valence-electron chi connectivity index (χ1n) is 11.2. The maximum atomic E-state index is 13.8. The Balaban J connectivity index is 1.36. The first-order valence-corrected chi connectivity index (χ1v) is 11.2. The van der Waals surface area contributed by atoms with Gasteiger partial charge in [-0.2, -0.15) is 0 Å². The Morgan fingerprint density at radius 1 is 1.03 bits per heavy atom. The van der Waals surface area contributed by atoms with Crippen LogP contribution in [0.4, 0.5) is 20.2 Å². The average Bonchev–Trinajstić information content (AvgIpc) is 3.41. The summed E-state index contributed by atoms with van der Waals surface area (Å²) < 4.78 is 37.9. The third-order valence-corrected chi connectivity index (χ3v) is 5.90. The topological polar surface area (TPSA) is 87.0 Å². The Labute approximate surface area is 201 Å². The number of anilines is 2. The van der Waals surface area contributed by atoms with Crippen molar-refractivity contribution in [3.05, 3.63) is 78.3 Å².